The molecule has 122 valence electrons. The monoisotopic (exact) mass is 329 g/mol. The van der Waals surface area contributed by atoms with Crippen molar-refractivity contribution in [3.05, 3.63) is 64.2 Å². The Balaban J connectivity index is 1.76. The fourth-order valence-corrected chi connectivity index (χ4v) is 3.47. The van der Waals surface area contributed by atoms with Crippen LogP contribution in [0.4, 0.5) is 5.69 Å². The molecule has 2 aromatic carbocycles. The van der Waals surface area contributed by atoms with Gasteiger partial charge in [-0.1, -0.05) is 29.8 Å². The molecule has 3 rings (SSSR count). The molecular formula is C19H24ClN3. The Bertz CT molecular complexity index is 684. The number of nitrogens with two attached hydrogens (primary N) is 1. The van der Waals surface area contributed by atoms with Crippen LogP contribution in [0.1, 0.15) is 28.7 Å². The molecule has 0 saturated carbocycles. The third kappa shape index (κ3) is 3.69. The van der Waals surface area contributed by atoms with Gasteiger partial charge in [-0.05, 0) is 61.5 Å². The van der Waals surface area contributed by atoms with Crippen molar-refractivity contribution in [3.63, 3.8) is 0 Å². The van der Waals surface area contributed by atoms with Crippen molar-refractivity contribution in [3.8, 4) is 0 Å². The first-order valence-corrected chi connectivity index (χ1v) is 8.45. The number of halogens is 1. The van der Waals surface area contributed by atoms with Crippen LogP contribution in [-0.2, 0) is 6.42 Å². The SMILES string of the molecule is CN(C)CCNc1ccc2c(c1)C(N)C(c1cccc(Cl)c1)C2. The van der Waals surface area contributed by atoms with Gasteiger partial charge in [0.2, 0.25) is 0 Å². The molecule has 0 radical (unpaired) electrons. The molecule has 23 heavy (non-hydrogen) atoms. The zero-order chi connectivity index (χ0) is 16.4. The maximum absolute atomic E-state index is 6.54. The Morgan fingerprint density at radius 1 is 1.22 bits per heavy atom. The van der Waals surface area contributed by atoms with Crippen LogP contribution < -0.4 is 11.1 Å². The minimum atomic E-state index is 0.0269. The quantitative estimate of drug-likeness (QED) is 0.879. The molecule has 0 amide bonds. The summed E-state index contributed by atoms with van der Waals surface area (Å²) in [5.41, 5.74) is 11.5. The molecule has 3 nitrogen and oxygen atoms in total. The van der Waals surface area contributed by atoms with Crippen molar-refractivity contribution >= 4 is 17.3 Å². The Hall–Kier alpha value is -1.55. The molecule has 2 aromatic rings. The number of hydrogen-bond donors (Lipinski definition) is 2. The van der Waals surface area contributed by atoms with Crippen molar-refractivity contribution in [2.45, 2.75) is 18.4 Å². The first-order valence-electron chi connectivity index (χ1n) is 8.07. The molecule has 0 spiro atoms. The van der Waals surface area contributed by atoms with E-state index in [1.807, 2.05) is 18.2 Å². The van der Waals surface area contributed by atoms with Gasteiger partial charge in [0.25, 0.3) is 0 Å². The van der Waals surface area contributed by atoms with E-state index in [0.29, 0.717) is 5.92 Å². The second kappa shape index (κ2) is 6.91. The molecule has 0 aliphatic heterocycles. The van der Waals surface area contributed by atoms with Crippen LogP contribution in [0.25, 0.3) is 0 Å². The number of likely N-dealkylation sites (N-methyl/N-ethyl adjacent to an activating group) is 1. The van der Waals surface area contributed by atoms with Crippen LogP contribution in [0.2, 0.25) is 5.02 Å². The van der Waals surface area contributed by atoms with Crippen LogP contribution in [0.3, 0.4) is 0 Å². The largest absolute Gasteiger partial charge is 0.384 e. The average molecular weight is 330 g/mol. The van der Waals surface area contributed by atoms with E-state index in [1.165, 1.54) is 16.7 Å². The highest BCUT2D eigenvalue weighted by atomic mass is 35.5. The number of rotatable bonds is 5. The van der Waals surface area contributed by atoms with Crippen molar-refractivity contribution < 1.29 is 0 Å². The predicted octanol–water partition coefficient (Wildman–Crippen LogP) is 3.65. The first-order chi connectivity index (χ1) is 11.0. The van der Waals surface area contributed by atoms with Crippen molar-refractivity contribution in [1.82, 2.24) is 4.90 Å². The summed E-state index contributed by atoms with van der Waals surface area (Å²) in [4.78, 5) is 2.17. The van der Waals surface area contributed by atoms with Gasteiger partial charge in [0, 0.05) is 35.8 Å². The predicted molar refractivity (Wildman–Crippen MR) is 98.3 cm³/mol. The fraction of sp³-hybridized carbons (Fsp3) is 0.368. The van der Waals surface area contributed by atoms with Gasteiger partial charge in [-0.3, -0.25) is 0 Å². The number of hydrogen-bond acceptors (Lipinski definition) is 3. The summed E-state index contributed by atoms with van der Waals surface area (Å²) in [6, 6.07) is 14.7. The van der Waals surface area contributed by atoms with Crippen LogP contribution in [0, 0.1) is 0 Å². The molecule has 0 saturated heterocycles. The molecule has 2 atom stereocenters. The fourth-order valence-electron chi connectivity index (χ4n) is 3.27. The molecule has 2 unspecified atom stereocenters. The highest BCUT2D eigenvalue weighted by Gasteiger charge is 2.31. The smallest absolute Gasteiger partial charge is 0.0408 e. The van der Waals surface area contributed by atoms with Crippen LogP contribution in [-0.4, -0.2) is 32.1 Å². The van der Waals surface area contributed by atoms with Crippen molar-refractivity contribution in [2.75, 3.05) is 32.5 Å². The number of nitrogens with zero attached hydrogens (tertiary/aromatic N) is 1. The Labute approximate surface area is 143 Å². The van der Waals surface area contributed by atoms with Crippen LogP contribution in [0.5, 0.6) is 0 Å². The average Bonchev–Trinajstić information content (AvgIpc) is 2.84. The topological polar surface area (TPSA) is 41.3 Å². The zero-order valence-electron chi connectivity index (χ0n) is 13.7. The lowest BCUT2D eigenvalue weighted by Gasteiger charge is -2.17. The molecule has 1 aliphatic rings. The van der Waals surface area contributed by atoms with E-state index in [0.717, 1.165) is 30.2 Å². The summed E-state index contributed by atoms with van der Waals surface area (Å²) in [7, 11) is 4.16. The van der Waals surface area contributed by atoms with Gasteiger partial charge in [0.15, 0.2) is 0 Å². The van der Waals surface area contributed by atoms with E-state index in [9.17, 15) is 0 Å². The summed E-state index contributed by atoms with van der Waals surface area (Å²) in [5.74, 6) is 0.306. The highest BCUT2D eigenvalue weighted by molar-refractivity contribution is 6.30. The third-order valence-corrected chi connectivity index (χ3v) is 4.78. The van der Waals surface area contributed by atoms with E-state index in [4.69, 9.17) is 17.3 Å². The second-order valence-electron chi connectivity index (χ2n) is 6.54. The summed E-state index contributed by atoms with van der Waals surface area (Å²) in [6.07, 6.45) is 0.981. The summed E-state index contributed by atoms with van der Waals surface area (Å²) in [5, 5.41) is 4.25. The van der Waals surface area contributed by atoms with Gasteiger partial charge >= 0.3 is 0 Å². The van der Waals surface area contributed by atoms with Crippen LogP contribution >= 0.6 is 11.6 Å². The van der Waals surface area contributed by atoms with E-state index >= 15 is 0 Å². The Morgan fingerprint density at radius 3 is 2.78 bits per heavy atom. The zero-order valence-corrected chi connectivity index (χ0v) is 14.5. The maximum atomic E-state index is 6.54. The van der Waals surface area contributed by atoms with Crippen molar-refractivity contribution in [2.24, 2.45) is 5.73 Å². The van der Waals surface area contributed by atoms with E-state index < -0.39 is 0 Å². The lowest BCUT2D eigenvalue weighted by molar-refractivity contribution is 0.425. The standard InChI is InChI=1S/C19H24ClN3/c1-23(2)9-8-22-16-7-6-14-11-17(19(21)18(14)12-16)13-4-3-5-15(20)10-13/h3-7,10,12,17,19,22H,8-9,11,21H2,1-2H3. The second-order valence-corrected chi connectivity index (χ2v) is 6.97. The van der Waals surface area contributed by atoms with E-state index in [-0.39, 0.29) is 6.04 Å². The minimum absolute atomic E-state index is 0.0269. The number of benzene rings is 2. The van der Waals surface area contributed by atoms with Crippen LogP contribution in [0.15, 0.2) is 42.5 Å². The minimum Gasteiger partial charge on any atom is -0.384 e. The van der Waals surface area contributed by atoms with Crippen molar-refractivity contribution in [1.29, 1.82) is 0 Å². The lowest BCUT2D eigenvalue weighted by atomic mass is 9.93. The molecule has 0 heterocycles. The number of nitrogens with one attached hydrogen (secondary N) is 1. The molecule has 0 aromatic heterocycles. The highest BCUT2D eigenvalue weighted by Crippen LogP contribution is 2.42. The third-order valence-electron chi connectivity index (χ3n) is 4.54. The summed E-state index contributed by atoms with van der Waals surface area (Å²) < 4.78 is 0. The lowest BCUT2D eigenvalue weighted by Crippen LogP contribution is -2.21. The summed E-state index contributed by atoms with van der Waals surface area (Å²) >= 11 is 6.14. The summed E-state index contributed by atoms with van der Waals surface area (Å²) in [6.45, 7) is 1.94. The van der Waals surface area contributed by atoms with Gasteiger partial charge in [0.05, 0.1) is 0 Å². The van der Waals surface area contributed by atoms with E-state index in [2.05, 4.69) is 48.6 Å². The Kier molecular flexibility index (Phi) is 4.90. The maximum Gasteiger partial charge on any atom is 0.0408 e. The van der Waals surface area contributed by atoms with Gasteiger partial charge in [-0.15, -0.1) is 0 Å². The van der Waals surface area contributed by atoms with Gasteiger partial charge < -0.3 is 16.0 Å². The van der Waals surface area contributed by atoms with E-state index in [1.54, 1.807) is 0 Å². The van der Waals surface area contributed by atoms with Gasteiger partial charge in [0.1, 0.15) is 0 Å². The molecule has 0 bridgehead atoms. The van der Waals surface area contributed by atoms with Gasteiger partial charge in [-0.25, -0.2) is 0 Å². The normalized spacial score (nSPS) is 19.9. The molecule has 4 heteroatoms. The van der Waals surface area contributed by atoms with Gasteiger partial charge in [-0.2, -0.15) is 0 Å². The number of anilines is 1. The Morgan fingerprint density at radius 2 is 2.04 bits per heavy atom. The molecule has 3 N–H and O–H groups in total. The number of fused-ring (bicyclic) bond motifs is 1. The molecular weight excluding hydrogens is 306 g/mol. The molecule has 1 aliphatic carbocycles. The first kappa shape index (κ1) is 16.3. The molecule has 0 fully saturated rings.